The van der Waals surface area contributed by atoms with Crippen molar-refractivity contribution < 1.29 is 9.53 Å². The Morgan fingerprint density at radius 2 is 2.40 bits per heavy atom. The van der Waals surface area contributed by atoms with Gasteiger partial charge in [-0.2, -0.15) is 0 Å². The number of nitrogens with zero attached hydrogens (tertiary/aromatic N) is 2. The third kappa shape index (κ3) is 3.26. The summed E-state index contributed by atoms with van der Waals surface area (Å²) in [5.74, 6) is -0.00755. The largest absolute Gasteiger partial charge is 0.379 e. The van der Waals surface area contributed by atoms with Crippen molar-refractivity contribution in [3.05, 3.63) is 11.6 Å². The molecule has 15 heavy (non-hydrogen) atoms. The molecule has 1 aromatic rings. The molecular weight excluding hydrogens is 214 g/mol. The third-order valence-electron chi connectivity index (χ3n) is 2.15. The van der Waals surface area contributed by atoms with E-state index in [-0.39, 0.29) is 5.91 Å². The number of hydrogen-bond acceptors (Lipinski definition) is 5. The summed E-state index contributed by atoms with van der Waals surface area (Å²) in [5, 5.41) is 5.25. The van der Waals surface area contributed by atoms with E-state index in [2.05, 4.69) is 15.2 Å². The minimum atomic E-state index is -0.00755. The lowest BCUT2D eigenvalue weighted by atomic mass is 10.4. The van der Waals surface area contributed by atoms with Crippen molar-refractivity contribution in [3.63, 3.8) is 0 Å². The maximum absolute atomic E-state index is 11.6. The molecule has 2 heterocycles. The van der Waals surface area contributed by atoms with Crippen LogP contribution in [-0.4, -0.2) is 48.6 Å². The number of thiazole rings is 1. The molecule has 0 bridgehead atoms. The summed E-state index contributed by atoms with van der Waals surface area (Å²) < 4.78 is 5.20. The highest BCUT2D eigenvalue weighted by Crippen LogP contribution is 2.10. The van der Waals surface area contributed by atoms with E-state index >= 15 is 0 Å². The summed E-state index contributed by atoms with van der Waals surface area (Å²) in [5.41, 5.74) is 0. The highest BCUT2D eigenvalue weighted by atomic mass is 32.1. The van der Waals surface area contributed by atoms with Crippen LogP contribution in [-0.2, 0) is 9.53 Å². The van der Waals surface area contributed by atoms with E-state index in [1.54, 1.807) is 6.20 Å². The number of rotatable bonds is 3. The molecule has 82 valence electrons. The Morgan fingerprint density at radius 1 is 1.60 bits per heavy atom. The smallest absolute Gasteiger partial charge is 0.240 e. The molecule has 1 fully saturated rings. The number of morpholine rings is 1. The van der Waals surface area contributed by atoms with Gasteiger partial charge >= 0.3 is 0 Å². The molecule has 0 spiro atoms. The van der Waals surface area contributed by atoms with E-state index < -0.39 is 0 Å². The van der Waals surface area contributed by atoms with Gasteiger partial charge in [0.25, 0.3) is 0 Å². The van der Waals surface area contributed by atoms with Gasteiger partial charge in [0.2, 0.25) is 5.91 Å². The fraction of sp³-hybridized carbons (Fsp3) is 0.556. The highest BCUT2D eigenvalue weighted by molar-refractivity contribution is 7.13. The van der Waals surface area contributed by atoms with Crippen molar-refractivity contribution in [1.29, 1.82) is 0 Å². The Kier molecular flexibility index (Phi) is 3.65. The van der Waals surface area contributed by atoms with Gasteiger partial charge in [-0.05, 0) is 0 Å². The molecular formula is C9H13N3O2S. The van der Waals surface area contributed by atoms with Gasteiger partial charge < -0.3 is 10.1 Å². The van der Waals surface area contributed by atoms with Crippen LogP contribution in [0.2, 0.25) is 0 Å². The SMILES string of the molecule is O=C(CN1CCOCC1)Nc1nccs1. The molecule has 6 heteroatoms. The molecule has 5 nitrogen and oxygen atoms in total. The second-order valence-corrected chi connectivity index (χ2v) is 4.17. The normalized spacial score (nSPS) is 17.6. The lowest BCUT2D eigenvalue weighted by Gasteiger charge is -2.25. The van der Waals surface area contributed by atoms with Crippen LogP contribution in [0.15, 0.2) is 11.6 Å². The molecule has 0 unspecified atom stereocenters. The van der Waals surface area contributed by atoms with Crippen LogP contribution in [0.3, 0.4) is 0 Å². The van der Waals surface area contributed by atoms with E-state index in [4.69, 9.17) is 4.74 Å². The van der Waals surface area contributed by atoms with Gasteiger partial charge in [0.1, 0.15) is 0 Å². The Hall–Kier alpha value is -0.980. The number of carbonyl (C=O) groups excluding carboxylic acids is 1. The van der Waals surface area contributed by atoms with Crippen molar-refractivity contribution in [2.24, 2.45) is 0 Å². The zero-order chi connectivity index (χ0) is 10.5. The minimum Gasteiger partial charge on any atom is -0.379 e. The molecule has 0 radical (unpaired) electrons. The van der Waals surface area contributed by atoms with Crippen molar-refractivity contribution >= 4 is 22.4 Å². The van der Waals surface area contributed by atoms with E-state index in [1.807, 2.05) is 5.38 Å². The number of aromatic nitrogens is 1. The van der Waals surface area contributed by atoms with Crippen LogP contribution >= 0.6 is 11.3 Å². The molecule has 1 aliphatic heterocycles. The second kappa shape index (κ2) is 5.20. The molecule has 1 aliphatic rings. The molecule has 0 aromatic carbocycles. The van der Waals surface area contributed by atoms with E-state index in [0.717, 1.165) is 13.1 Å². The van der Waals surface area contributed by atoms with Gasteiger partial charge in [-0.1, -0.05) is 0 Å². The number of amides is 1. The Balaban J connectivity index is 1.76. The van der Waals surface area contributed by atoms with Crippen molar-refractivity contribution in [3.8, 4) is 0 Å². The molecule has 1 N–H and O–H groups in total. The van der Waals surface area contributed by atoms with E-state index in [0.29, 0.717) is 24.9 Å². The number of hydrogen-bond donors (Lipinski definition) is 1. The number of anilines is 1. The van der Waals surface area contributed by atoms with Crippen LogP contribution in [0.25, 0.3) is 0 Å². The van der Waals surface area contributed by atoms with Gasteiger partial charge in [0.05, 0.1) is 19.8 Å². The topological polar surface area (TPSA) is 54.5 Å². The summed E-state index contributed by atoms with van der Waals surface area (Å²) in [6.07, 6.45) is 1.68. The van der Waals surface area contributed by atoms with Crippen LogP contribution in [0.4, 0.5) is 5.13 Å². The standard InChI is InChI=1S/C9H13N3O2S/c13-8(11-9-10-1-6-15-9)7-12-2-4-14-5-3-12/h1,6H,2-5,7H2,(H,10,11,13). The third-order valence-corrected chi connectivity index (χ3v) is 2.84. The van der Waals surface area contributed by atoms with Gasteiger partial charge in [0, 0.05) is 24.7 Å². The Morgan fingerprint density at radius 3 is 3.07 bits per heavy atom. The fourth-order valence-electron chi connectivity index (χ4n) is 1.41. The lowest BCUT2D eigenvalue weighted by molar-refractivity contribution is -0.118. The van der Waals surface area contributed by atoms with Crippen molar-refractivity contribution in [2.45, 2.75) is 0 Å². The van der Waals surface area contributed by atoms with E-state index in [9.17, 15) is 4.79 Å². The molecule has 1 amide bonds. The summed E-state index contributed by atoms with van der Waals surface area (Å²) in [6, 6.07) is 0. The predicted molar refractivity (Wildman–Crippen MR) is 58.0 cm³/mol. The molecule has 2 rings (SSSR count). The number of carbonyl (C=O) groups is 1. The van der Waals surface area contributed by atoms with Crippen LogP contribution in [0.1, 0.15) is 0 Å². The van der Waals surface area contributed by atoms with Gasteiger partial charge in [-0.3, -0.25) is 9.69 Å². The maximum Gasteiger partial charge on any atom is 0.240 e. The van der Waals surface area contributed by atoms with Gasteiger partial charge in [-0.15, -0.1) is 11.3 Å². The Labute approximate surface area is 92.1 Å². The van der Waals surface area contributed by atoms with E-state index in [1.165, 1.54) is 11.3 Å². The summed E-state index contributed by atoms with van der Waals surface area (Å²) in [7, 11) is 0. The average molecular weight is 227 g/mol. The van der Waals surface area contributed by atoms with Crippen LogP contribution < -0.4 is 5.32 Å². The fourth-order valence-corrected chi connectivity index (χ4v) is 1.95. The van der Waals surface area contributed by atoms with Gasteiger partial charge in [-0.25, -0.2) is 4.98 Å². The average Bonchev–Trinajstić information content (AvgIpc) is 2.71. The highest BCUT2D eigenvalue weighted by Gasteiger charge is 2.14. The van der Waals surface area contributed by atoms with Gasteiger partial charge in [0.15, 0.2) is 5.13 Å². The first-order chi connectivity index (χ1) is 7.34. The summed E-state index contributed by atoms with van der Waals surface area (Å²) >= 11 is 1.43. The number of ether oxygens (including phenoxy) is 1. The first-order valence-corrected chi connectivity index (χ1v) is 5.72. The number of nitrogens with one attached hydrogen (secondary N) is 1. The van der Waals surface area contributed by atoms with Crippen LogP contribution in [0.5, 0.6) is 0 Å². The monoisotopic (exact) mass is 227 g/mol. The minimum absolute atomic E-state index is 0.00755. The lowest BCUT2D eigenvalue weighted by Crippen LogP contribution is -2.41. The van der Waals surface area contributed by atoms with Crippen LogP contribution in [0, 0.1) is 0 Å². The molecule has 0 atom stereocenters. The van der Waals surface area contributed by atoms with Crippen molar-refractivity contribution in [2.75, 3.05) is 38.2 Å². The molecule has 1 aromatic heterocycles. The first-order valence-electron chi connectivity index (χ1n) is 4.84. The first kappa shape index (κ1) is 10.5. The summed E-state index contributed by atoms with van der Waals surface area (Å²) in [4.78, 5) is 17.6. The molecule has 0 aliphatic carbocycles. The summed E-state index contributed by atoms with van der Waals surface area (Å²) in [6.45, 7) is 3.49. The zero-order valence-electron chi connectivity index (χ0n) is 8.31. The molecule has 0 saturated carbocycles. The zero-order valence-corrected chi connectivity index (χ0v) is 9.13. The predicted octanol–water partition coefficient (Wildman–Crippen LogP) is 0.414. The quantitative estimate of drug-likeness (QED) is 0.813. The maximum atomic E-state index is 11.6. The second-order valence-electron chi connectivity index (χ2n) is 3.27. The Bertz CT molecular complexity index is 309. The van der Waals surface area contributed by atoms with Crippen molar-refractivity contribution in [1.82, 2.24) is 9.88 Å². The molecule has 1 saturated heterocycles.